The van der Waals surface area contributed by atoms with Crippen LogP contribution in [0.4, 0.5) is 4.79 Å². The van der Waals surface area contributed by atoms with Crippen molar-refractivity contribution in [2.24, 2.45) is 0 Å². The fourth-order valence-corrected chi connectivity index (χ4v) is 2.34. The average Bonchev–Trinajstić information content (AvgIpc) is 3.40. The van der Waals surface area contributed by atoms with Crippen LogP contribution in [-0.2, 0) is 13.1 Å². The number of rotatable bonds is 6. The van der Waals surface area contributed by atoms with Crippen molar-refractivity contribution in [2.75, 3.05) is 6.54 Å². The molecule has 0 radical (unpaired) electrons. The summed E-state index contributed by atoms with van der Waals surface area (Å²) >= 11 is 0. The third-order valence-corrected chi connectivity index (χ3v) is 3.83. The summed E-state index contributed by atoms with van der Waals surface area (Å²) in [6.45, 7) is 1.27. The highest BCUT2D eigenvalue weighted by Crippen LogP contribution is 2.38. The van der Waals surface area contributed by atoms with Crippen LogP contribution >= 0.6 is 0 Å². The maximum absolute atomic E-state index is 12.0. The molecule has 0 spiro atoms. The van der Waals surface area contributed by atoms with Crippen molar-refractivity contribution in [1.82, 2.24) is 20.2 Å². The summed E-state index contributed by atoms with van der Waals surface area (Å²) in [7, 11) is 0. The van der Waals surface area contributed by atoms with Gasteiger partial charge in [0.2, 0.25) is 0 Å². The first-order valence-corrected chi connectivity index (χ1v) is 7.84. The molecular formula is C17H20N4O2. The van der Waals surface area contributed by atoms with Crippen molar-refractivity contribution in [3.8, 4) is 0 Å². The minimum absolute atomic E-state index is 0.0617. The van der Waals surface area contributed by atoms with E-state index < -0.39 is 0 Å². The minimum atomic E-state index is -0.246. The Balaban J connectivity index is 1.42. The molecule has 2 aromatic rings. The van der Waals surface area contributed by atoms with Gasteiger partial charge in [0.1, 0.15) is 0 Å². The monoisotopic (exact) mass is 312 g/mol. The maximum atomic E-state index is 12.0. The van der Waals surface area contributed by atoms with Crippen LogP contribution in [0.3, 0.4) is 0 Å². The van der Waals surface area contributed by atoms with Crippen LogP contribution < -0.4 is 16.2 Å². The Morgan fingerprint density at radius 3 is 2.70 bits per heavy atom. The van der Waals surface area contributed by atoms with Crippen LogP contribution in [0.25, 0.3) is 0 Å². The first-order chi connectivity index (χ1) is 11.2. The standard InChI is InChI=1S/C17H20N4O2/c22-16-10-15(14-6-7-14)20-12-21(16)9-8-18-17(23)19-11-13-4-2-1-3-5-13/h1-5,10,12,14H,6-9,11H2,(H2,18,19,23). The summed E-state index contributed by atoms with van der Waals surface area (Å²) < 4.78 is 1.52. The number of carbonyl (C=O) groups is 1. The van der Waals surface area contributed by atoms with Gasteiger partial charge in [-0.05, 0) is 18.4 Å². The summed E-state index contributed by atoms with van der Waals surface area (Å²) in [4.78, 5) is 28.0. The summed E-state index contributed by atoms with van der Waals surface area (Å²) in [6, 6.07) is 11.1. The fourth-order valence-electron chi connectivity index (χ4n) is 2.34. The molecule has 1 aromatic carbocycles. The normalized spacial score (nSPS) is 13.6. The number of urea groups is 1. The number of benzene rings is 1. The SMILES string of the molecule is O=C(NCCn1cnc(C2CC2)cc1=O)NCc1ccccc1. The number of hydrogen-bond donors (Lipinski definition) is 2. The van der Waals surface area contributed by atoms with Crippen molar-refractivity contribution in [3.05, 3.63) is 64.3 Å². The summed E-state index contributed by atoms with van der Waals surface area (Å²) in [5.41, 5.74) is 1.87. The summed E-state index contributed by atoms with van der Waals surface area (Å²) in [5.74, 6) is 0.472. The Labute approximate surface area is 134 Å². The van der Waals surface area contributed by atoms with E-state index in [1.807, 2.05) is 30.3 Å². The van der Waals surface area contributed by atoms with Gasteiger partial charge in [0.05, 0.1) is 12.0 Å². The Hall–Kier alpha value is -2.63. The zero-order chi connectivity index (χ0) is 16.1. The van der Waals surface area contributed by atoms with Crippen LogP contribution in [0, 0.1) is 0 Å². The number of nitrogens with one attached hydrogen (secondary N) is 2. The molecule has 1 fully saturated rings. The summed E-state index contributed by atoms with van der Waals surface area (Å²) in [5, 5.41) is 5.52. The molecule has 1 aliphatic rings. The molecule has 0 atom stereocenters. The third-order valence-electron chi connectivity index (χ3n) is 3.83. The molecule has 0 unspecified atom stereocenters. The Morgan fingerprint density at radius 1 is 1.22 bits per heavy atom. The lowest BCUT2D eigenvalue weighted by molar-refractivity contribution is 0.240. The lowest BCUT2D eigenvalue weighted by Crippen LogP contribution is -2.38. The molecule has 6 nitrogen and oxygen atoms in total. The molecule has 0 aliphatic heterocycles. The molecule has 120 valence electrons. The lowest BCUT2D eigenvalue weighted by Gasteiger charge is -2.09. The molecule has 1 saturated carbocycles. The van der Waals surface area contributed by atoms with Crippen molar-refractivity contribution in [2.45, 2.75) is 31.8 Å². The van der Waals surface area contributed by atoms with Gasteiger partial charge in [-0.1, -0.05) is 30.3 Å². The zero-order valence-corrected chi connectivity index (χ0v) is 12.9. The molecule has 1 aromatic heterocycles. The number of carbonyl (C=O) groups excluding carboxylic acids is 1. The highest BCUT2D eigenvalue weighted by molar-refractivity contribution is 5.73. The average molecular weight is 312 g/mol. The van der Waals surface area contributed by atoms with Crippen LogP contribution in [0.5, 0.6) is 0 Å². The summed E-state index contributed by atoms with van der Waals surface area (Å²) in [6.07, 6.45) is 3.82. The number of nitrogens with zero attached hydrogens (tertiary/aromatic N) is 2. The molecule has 2 N–H and O–H groups in total. The smallest absolute Gasteiger partial charge is 0.315 e. The molecule has 23 heavy (non-hydrogen) atoms. The maximum Gasteiger partial charge on any atom is 0.315 e. The predicted octanol–water partition coefficient (Wildman–Crippen LogP) is 1.62. The lowest BCUT2D eigenvalue weighted by atomic mass is 10.2. The van der Waals surface area contributed by atoms with Crippen LogP contribution in [-0.4, -0.2) is 22.1 Å². The Bertz CT molecular complexity index is 723. The van der Waals surface area contributed by atoms with E-state index in [2.05, 4.69) is 15.6 Å². The number of amides is 2. The molecule has 0 bridgehead atoms. The van der Waals surface area contributed by atoms with E-state index in [4.69, 9.17) is 0 Å². The molecule has 6 heteroatoms. The third kappa shape index (κ3) is 4.42. The number of hydrogen-bond acceptors (Lipinski definition) is 3. The first-order valence-electron chi connectivity index (χ1n) is 7.84. The van der Waals surface area contributed by atoms with Gasteiger partial charge in [0.15, 0.2) is 0 Å². The van der Waals surface area contributed by atoms with Crippen LogP contribution in [0.15, 0.2) is 47.5 Å². The minimum Gasteiger partial charge on any atom is -0.336 e. The van der Waals surface area contributed by atoms with E-state index in [0.29, 0.717) is 25.6 Å². The molecule has 3 rings (SSSR count). The second kappa shape index (κ2) is 7.09. The van der Waals surface area contributed by atoms with Gasteiger partial charge in [0, 0.05) is 31.6 Å². The quantitative estimate of drug-likeness (QED) is 0.851. The Morgan fingerprint density at radius 2 is 2.00 bits per heavy atom. The highest BCUT2D eigenvalue weighted by atomic mass is 16.2. The van der Waals surface area contributed by atoms with Crippen molar-refractivity contribution in [3.63, 3.8) is 0 Å². The highest BCUT2D eigenvalue weighted by Gasteiger charge is 2.25. The molecule has 0 saturated heterocycles. The molecule has 1 aliphatic carbocycles. The van der Waals surface area contributed by atoms with Gasteiger partial charge >= 0.3 is 6.03 Å². The van der Waals surface area contributed by atoms with E-state index in [-0.39, 0.29) is 11.6 Å². The topological polar surface area (TPSA) is 76.0 Å². The van der Waals surface area contributed by atoms with Gasteiger partial charge in [-0.2, -0.15) is 0 Å². The van der Waals surface area contributed by atoms with E-state index in [9.17, 15) is 9.59 Å². The van der Waals surface area contributed by atoms with Gasteiger partial charge in [-0.25, -0.2) is 9.78 Å². The van der Waals surface area contributed by atoms with Gasteiger partial charge in [-0.15, -0.1) is 0 Å². The second-order valence-corrected chi connectivity index (χ2v) is 5.71. The van der Waals surface area contributed by atoms with Crippen molar-refractivity contribution in [1.29, 1.82) is 0 Å². The van der Waals surface area contributed by atoms with Gasteiger partial charge < -0.3 is 10.6 Å². The fraction of sp³-hybridized carbons (Fsp3) is 0.353. The first kappa shape index (κ1) is 15.3. The van der Waals surface area contributed by atoms with E-state index in [0.717, 1.165) is 24.1 Å². The Kier molecular flexibility index (Phi) is 4.71. The van der Waals surface area contributed by atoms with Crippen LogP contribution in [0.1, 0.15) is 30.0 Å². The number of aromatic nitrogens is 2. The second-order valence-electron chi connectivity index (χ2n) is 5.71. The van der Waals surface area contributed by atoms with Crippen molar-refractivity contribution >= 4 is 6.03 Å². The molecular weight excluding hydrogens is 292 g/mol. The van der Waals surface area contributed by atoms with Crippen molar-refractivity contribution < 1.29 is 4.79 Å². The van der Waals surface area contributed by atoms with Gasteiger partial charge in [0.25, 0.3) is 5.56 Å². The van der Waals surface area contributed by atoms with Crippen LogP contribution in [0.2, 0.25) is 0 Å². The molecule has 2 amide bonds. The van der Waals surface area contributed by atoms with E-state index in [1.54, 1.807) is 12.4 Å². The largest absolute Gasteiger partial charge is 0.336 e. The van der Waals surface area contributed by atoms with Gasteiger partial charge in [-0.3, -0.25) is 9.36 Å². The predicted molar refractivity (Wildman–Crippen MR) is 87.2 cm³/mol. The van der Waals surface area contributed by atoms with E-state index in [1.165, 1.54) is 4.57 Å². The zero-order valence-electron chi connectivity index (χ0n) is 12.9. The molecule has 1 heterocycles. The van der Waals surface area contributed by atoms with E-state index >= 15 is 0 Å².